The van der Waals surface area contributed by atoms with Crippen LogP contribution < -0.4 is 10.6 Å². The van der Waals surface area contributed by atoms with Crippen molar-refractivity contribution in [2.24, 2.45) is 0 Å². The van der Waals surface area contributed by atoms with Crippen molar-refractivity contribution in [2.45, 2.75) is 0 Å². The van der Waals surface area contributed by atoms with Gasteiger partial charge in [-0.1, -0.05) is 0 Å². The van der Waals surface area contributed by atoms with E-state index in [0.29, 0.717) is 38.3 Å². The molecule has 0 radical (unpaired) electrons. The van der Waals surface area contributed by atoms with Crippen molar-refractivity contribution in [3.05, 3.63) is 29.6 Å². The van der Waals surface area contributed by atoms with Crippen LogP contribution in [0.15, 0.2) is 12.1 Å². The van der Waals surface area contributed by atoms with E-state index in [0.717, 1.165) is 0 Å². The Balaban J connectivity index is 2.09. The van der Waals surface area contributed by atoms with E-state index in [4.69, 9.17) is 0 Å². The van der Waals surface area contributed by atoms with Gasteiger partial charge in [-0.25, -0.2) is 13.2 Å². The maximum atomic E-state index is 13.3. The monoisotopic (exact) mass is 287 g/mol. The first-order valence-electron chi connectivity index (χ1n) is 5.94. The van der Waals surface area contributed by atoms with Crippen molar-refractivity contribution in [3.63, 3.8) is 0 Å². The van der Waals surface area contributed by atoms with Gasteiger partial charge in [0.1, 0.15) is 11.5 Å². The van der Waals surface area contributed by atoms with Crippen molar-refractivity contribution in [1.82, 2.24) is 10.2 Å². The van der Waals surface area contributed by atoms with Gasteiger partial charge in [-0.05, 0) is 0 Å². The van der Waals surface area contributed by atoms with Crippen LogP contribution in [0.1, 0.15) is 0 Å². The summed E-state index contributed by atoms with van der Waals surface area (Å²) >= 11 is 0. The minimum Gasteiger partial charge on any atom is -0.332 e. The third-order valence-corrected chi connectivity index (χ3v) is 2.84. The summed E-state index contributed by atoms with van der Waals surface area (Å²) in [5.74, 6) is -5.69. The fraction of sp³-hybridized carbons (Fsp3) is 0.333. The maximum absolute atomic E-state index is 13.3. The molecule has 1 aromatic carbocycles. The Morgan fingerprint density at radius 2 is 1.65 bits per heavy atom. The molecule has 0 atom stereocenters. The summed E-state index contributed by atoms with van der Waals surface area (Å²) < 4.78 is 39.4. The highest BCUT2D eigenvalue weighted by atomic mass is 19.1. The Morgan fingerprint density at radius 3 is 2.20 bits per heavy atom. The average Bonchev–Trinajstić information content (AvgIpc) is 2.42. The fourth-order valence-electron chi connectivity index (χ4n) is 1.84. The molecule has 1 aliphatic rings. The van der Waals surface area contributed by atoms with Crippen LogP contribution in [0.4, 0.5) is 18.9 Å². The predicted molar refractivity (Wildman–Crippen MR) is 64.4 cm³/mol. The molecule has 0 saturated carbocycles. The van der Waals surface area contributed by atoms with E-state index in [1.54, 1.807) is 0 Å². The first-order chi connectivity index (χ1) is 9.49. The molecule has 1 saturated heterocycles. The Hall–Kier alpha value is -2.09. The van der Waals surface area contributed by atoms with Crippen LogP contribution in [0.2, 0.25) is 0 Å². The molecular formula is C12H12F3N3O2. The Morgan fingerprint density at radius 1 is 1.10 bits per heavy atom. The molecule has 1 aromatic rings. The van der Waals surface area contributed by atoms with Crippen LogP contribution in [0, 0.1) is 17.5 Å². The smallest absolute Gasteiger partial charge is 0.314 e. The molecule has 5 nitrogen and oxygen atoms in total. The summed E-state index contributed by atoms with van der Waals surface area (Å²) in [5, 5.41) is 4.83. The minimum absolute atomic E-state index is 0.334. The Bertz CT molecular complexity index is 522. The SMILES string of the molecule is O=C(Nc1c(F)cc(F)cc1F)C(=O)N1CCNCC1. The first kappa shape index (κ1) is 14.3. The standard InChI is InChI=1S/C12H12F3N3O2/c13-7-5-8(14)10(9(15)6-7)17-11(19)12(20)18-3-1-16-2-4-18/h5-6,16H,1-4H2,(H,17,19). The summed E-state index contributed by atoms with van der Waals surface area (Å²) in [7, 11) is 0. The van der Waals surface area contributed by atoms with Crippen molar-refractivity contribution >= 4 is 17.5 Å². The van der Waals surface area contributed by atoms with E-state index in [1.165, 1.54) is 4.90 Å². The molecule has 108 valence electrons. The number of carbonyl (C=O) groups excluding carboxylic acids is 2. The van der Waals surface area contributed by atoms with Crippen LogP contribution in [0.5, 0.6) is 0 Å². The zero-order chi connectivity index (χ0) is 14.7. The van der Waals surface area contributed by atoms with Gasteiger partial charge >= 0.3 is 11.8 Å². The Labute approximate surface area is 112 Å². The van der Waals surface area contributed by atoms with Crippen molar-refractivity contribution < 1.29 is 22.8 Å². The number of amides is 2. The Kier molecular flexibility index (Phi) is 4.23. The summed E-state index contributed by atoms with van der Waals surface area (Å²) in [6.45, 7) is 1.75. The van der Waals surface area contributed by atoms with Gasteiger partial charge in [0, 0.05) is 38.3 Å². The van der Waals surface area contributed by atoms with Crippen LogP contribution in [-0.4, -0.2) is 42.9 Å². The number of anilines is 1. The zero-order valence-electron chi connectivity index (χ0n) is 10.4. The second kappa shape index (κ2) is 5.91. The number of rotatable bonds is 1. The topological polar surface area (TPSA) is 61.4 Å². The molecule has 1 fully saturated rings. The average molecular weight is 287 g/mol. The third-order valence-electron chi connectivity index (χ3n) is 2.84. The summed E-state index contributed by atoms with van der Waals surface area (Å²) in [5.41, 5.74) is -0.833. The highest BCUT2D eigenvalue weighted by Crippen LogP contribution is 2.20. The lowest BCUT2D eigenvalue weighted by Crippen LogP contribution is -2.50. The van der Waals surface area contributed by atoms with Crippen LogP contribution in [0.3, 0.4) is 0 Å². The van der Waals surface area contributed by atoms with Gasteiger partial charge < -0.3 is 15.5 Å². The normalized spacial score (nSPS) is 15.1. The highest BCUT2D eigenvalue weighted by molar-refractivity contribution is 6.39. The van der Waals surface area contributed by atoms with Crippen molar-refractivity contribution in [1.29, 1.82) is 0 Å². The second-order valence-electron chi connectivity index (χ2n) is 4.24. The highest BCUT2D eigenvalue weighted by Gasteiger charge is 2.25. The summed E-state index contributed by atoms with van der Waals surface area (Å²) in [6.07, 6.45) is 0. The number of hydrogen-bond donors (Lipinski definition) is 2. The van der Waals surface area contributed by atoms with Gasteiger partial charge in [-0.3, -0.25) is 9.59 Å². The third kappa shape index (κ3) is 3.08. The fourth-order valence-corrected chi connectivity index (χ4v) is 1.84. The van der Waals surface area contributed by atoms with E-state index >= 15 is 0 Å². The van der Waals surface area contributed by atoms with Crippen LogP contribution in [-0.2, 0) is 9.59 Å². The lowest BCUT2D eigenvalue weighted by Gasteiger charge is -2.26. The number of nitrogens with zero attached hydrogens (tertiary/aromatic N) is 1. The number of halogens is 3. The minimum atomic E-state index is -1.27. The summed E-state index contributed by atoms with van der Waals surface area (Å²) in [6, 6.07) is 0.849. The van der Waals surface area contributed by atoms with Gasteiger partial charge in [-0.15, -0.1) is 0 Å². The molecule has 20 heavy (non-hydrogen) atoms. The van der Waals surface area contributed by atoms with Gasteiger partial charge in [0.2, 0.25) is 0 Å². The van der Waals surface area contributed by atoms with Gasteiger partial charge in [-0.2, -0.15) is 0 Å². The molecule has 0 spiro atoms. The van der Waals surface area contributed by atoms with E-state index in [-0.39, 0.29) is 0 Å². The molecule has 0 aliphatic carbocycles. The quantitative estimate of drug-likeness (QED) is 0.738. The van der Waals surface area contributed by atoms with Crippen molar-refractivity contribution in [2.75, 3.05) is 31.5 Å². The molecule has 0 unspecified atom stereocenters. The first-order valence-corrected chi connectivity index (χ1v) is 5.94. The zero-order valence-corrected chi connectivity index (χ0v) is 10.4. The van der Waals surface area contributed by atoms with Gasteiger partial charge in [0.05, 0.1) is 0 Å². The number of benzene rings is 1. The second-order valence-corrected chi connectivity index (χ2v) is 4.24. The number of nitrogens with one attached hydrogen (secondary N) is 2. The van der Waals surface area contributed by atoms with E-state index in [9.17, 15) is 22.8 Å². The number of carbonyl (C=O) groups is 2. The van der Waals surface area contributed by atoms with E-state index < -0.39 is 35.0 Å². The van der Waals surface area contributed by atoms with E-state index in [2.05, 4.69) is 5.32 Å². The van der Waals surface area contributed by atoms with Crippen LogP contribution in [0.25, 0.3) is 0 Å². The molecule has 1 heterocycles. The molecular weight excluding hydrogens is 275 g/mol. The summed E-state index contributed by atoms with van der Waals surface area (Å²) in [4.78, 5) is 24.7. The van der Waals surface area contributed by atoms with Crippen molar-refractivity contribution in [3.8, 4) is 0 Å². The predicted octanol–water partition coefficient (Wildman–Crippen LogP) is 0.474. The number of piperazine rings is 1. The maximum Gasteiger partial charge on any atom is 0.314 e. The molecule has 0 bridgehead atoms. The largest absolute Gasteiger partial charge is 0.332 e. The van der Waals surface area contributed by atoms with E-state index in [1.807, 2.05) is 5.32 Å². The molecule has 0 aromatic heterocycles. The molecule has 2 N–H and O–H groups in total. The van der Waals surface area contributed by atoms with Gasteiger partial charge in [0.25, 0.3) is 0 Å². The lowest BCUT2D eigenvalue weighted by atomic mass is 10.2. The lowest BCUT2D eigenvalue weighted by molar-refractivity contribution is -0.143. The molecule has 8 heteroatoms. The van der Waals surface area contributed by atoms with Crippen LogP contribution >= 0.6 is 0 Å². The molecule has 2 amide bonds. The molecule has 2 rings (SSSR count). The molecule has 1 aliphatic heterocycles. The van der Waals surface area contributed by atoms with Gasteiger partial charge in [0.15, 0.2) is 11.6 Å². The number of hydrogen-bond acceptors (Lipinski definition) is 3.